The van der Waals surface area contributed by atoms with E-state index in [0.29, 0.717) is 28.8 Å². The van der Waals surface area contributed by atoms with Gasteiger partial charge in [-0.3, -0.25) is 9.80 Å². The van der Waals surface area contributed by atoms with Gasteiger partial charge in [0.15, 0.2) is 5.69 Å². The molecule has 0 unspecified atom stereocenters. The molecule has 1 aromatic heterocycles. The van der Waals surface area contributed by atoms with Crippen molar-refractivity contribution < 1.29 is 4.74 Å². The quantitative estimate of drug-likeness (QED) is 0.312. The van der Waals surface area contributed by atoms with Crippen molar-refractivity contribution in [1.82, 2.24) is 25.1 Å². The molecule has 3 saturated heterocycles. The zero-order valence-electron chi connectivity index (χ0n) is 26.5. The summed E-state index contributed by atoms with van der Waals surface area (Å²) in [6.45, 7) is 21.0. The first-order valence-corrected chi connectivity index (χ1v) is 16.9. The molecule has 3 aliphatic heterocycles. The van der Waals surface area contributed by atoms with Crippen LogP contribution in [0.5, 0.6) is 5.75 Å². The number of nitrogens with zero attached hydrogens (tertiary/aromatic N) is 6. The van der Waals surface area contributed by atoms with Crippen molar-refractivity contribution in [3.05, 3.63) is 88.0 Å². The SMILES string of the molecule is [C-]#[N+]c1cc(Cl)cc(C(C)(C)c2ccc(OCc3ccnc(N4CCN(C5CN(C6CC7(CCNCC7)C6)C5)CC4)n3)cc2)c1. The van der Waals surface area contributed by atoms with Gasteiger partial charge in [0, 0.05) is 68.0 Å². The normalized spacial score (nSPS) is 21.2. The molecule has 1 N–H and O–H groups in total. The molecule has 7 rings (SSSR count). The number of ether oxygens (including phenoxy) is 1. The average molecular weight is 626 g/mol. The predicted molar refractivity (Wildman–Crippen MR) is 179 cm³/mol. The first kappa shape index (κ1) is 30.4. The van der Waals surface area contributed by atoms with Crippen LogP contribution in [0.2, 0.25) is 5.02 Å². The Hall–Kier alpha value is -3.22. The standard InChI is InChI=1S/C36H44ClN7O/c1-35(2,27-18-28(37)20-30(19-27)38-3)26-4-6-33(7-5-26)45-25-29-8-11-40-34(41-29)43-16-14-42(15-17-43)32-23-44(24-32)31-21-36(22-31)9-12-39-13-10-36/h4-8,11,18-20,31-32,39H,9-10,12-17,21-25H2,1-2H3. The van der Waals surface area contributed by atoms with E-state index in [-0.39, 0.29) is 5.41 Å². The Morgan fingerprint density at radius 3 is 2.40 bits per heavy atom. The first-order chi connectivity index (χ1) is 21.8. The molecule has 2 aromatic carbocycles. The maximum atomic E-state index is 7.38. The number of aromatic nitrogens is 2. The van der Waals surface area contributed by atoms with Crippen molar-refractivity contribution in [3.63, 3.8) is 0 Å². The summed E-state index contributed by atoms with van der Waals surface area (Å²) < 4.78 is 6.13. The van der Waals surface area contributed by atoms with Crippen LogP contribution < -0.4 is 15.0 Å². The van der Waals surface area contributed by atoms with Gasteiger partial charge in [0.05, 0.1) is 12.3 Å². The topological polar surface area (TPSA) is 61.1 Å². The molecule has 0 radical (unpaired) electrons. The number of halogens is 1. The summed E-state index contributed by atoms with van der Waals surface area (Å²) in [6, 6.07) is 17.2. The Morgan fingerprint density at radius 2 is 1.69 bits per heavy atom. The monoisotopic (exact) mass is 625 g/mol. The van der Waals surface area contributed by atoms with Crippen LogP contribution in [0.1, 0.15) is 56.4 Å². The highest BCUT2D eigenvalue weighted by atomic mass is 35.5. The van der Waals surface area contributed by atoms with Crippen LogP contribution in [0.4, 0.5) is 11.6 Å². The molecule has 0 bridgehead atoms. The second-order valence-corrected chi connectivity index (χ2v) is 14.5. The van der Waals surface area contributed by atoms with Gasteiger partial charge in [-0.2, -0.15) is 0 Å². The number of piperidine rings is 1. The van der Waals surface area contributed by atoms with E-state index in [4.69, 9.17) is 27.9 Å². The Balaban J connectivity index is 0.879. The van der Waals surface area contributed by atoms with Gasteiger partial charge < -0.3 is 15.0 Å². The lowest BCUT2D eigenvalue weighted by atomic mass is 9.60. The van der Waals surface area contributed by atoms with Crippen molar-refractivity contribution in [2.45, 2.75) is 63.6 Å². The molecule has 0 amide bonds. The lowest BCUT2D eigenvalue weighted by Gasteiger charge is -2.59. The molecule has 9 heteroatoms. The minimum atomic E-state index is -0.306. The molecule has 4 heterocycles. The van der Waals surface area contributed by atoms with Gasteiger partial charge in [-0.15, -0.1) is 0 Å². The number of likely N-dealkylation sites (tertiary alicyclic amines) is 1. The second kappa shape index (κ2) is 12.5. The van der Waals surface area contributed by atoms with E-state index in [1.807, 2.05) is 36.5 Å². The van der Waals surface area contributed by atoms with Crippen LogP contribution in [0.15, 0.2) is 54.7 Å². The summed E-state index contributed by atoms with van der Waals surface area (Å²) in [6.07, 6.45) is 7.45. The van der Waals surface area contributed by atoms with E-state index in [2.05, 4.69) is 55.8 Å². The van der Waals surface area contributed by atoms with Crippen molar-refractivity contribution in [3.8, 4) is 5.75 Å². The van der Waals surface area contributed by atoms with Crippen LogP contribution in [0.3, 0.4) is 0 Å². The third kappa shape index (κ3) is 6.41. The van der Waals surface area contributed by atoms with Gasteiger partial charge in [-0.1, -0.05) is 43.6 Å². The smallest absolute Gasteiger partial charge is 0.225 e. The molecular weight excluding hydrogens is 582 g/mol. The van der Waals surface area contributed by atoms with Gasteiger partial charge in [0.2, 0.25) is 5.95 Å². The van der Waals surface area contributed by atoms with Crippen LogP contribution in [0, 0.1) is 12.0 Å². The van der Waals surface area contributed by atoms with Crippen LogP contribution in [-0.4, -0.2) is 84.2 Å². The summed E-state index contributed by atoms with van der Waals surface area (Å²) in [7, 11) is 0. The summed E-state index contributed by atoms with van der Waals surface area (Å²) in [5.74, 6) is 1.59. The summed E-state index contributed by atoms with van der Waals surface area (Å²) in [5, 5.41) is 4.11. The van der Waals surface area contributed by atoms with Crippen molar-refractivity contribution in [1.29, 1.82) is 0 Å². The van der Waals surface area contributed by atoms with Crippen LogP contribution >= 0.6 is 11.6 Å². The highest BCUT2D eigenvalue weighted by Crippen LogP contribution is 2.50. The highest BCUT2D eigenvalue weighted by molar-refractivity contribution is 6.31. The minimum Gasteiger partial charge on any atom is -0.487 e. The number of piperazine rings is 1. The molecule has 0 atom stereocenters. The minimum absolute atomic E-state index is 0.306. The zero-order chi connectivity index (χ0) is 31.0. The number of rotatable bonds is 8. The number of hydrogen-bond acceptors (Lipinski definition) is 7. The Bertz CT molecular complexity index is 1530. The number of nitrogens with one attached hydrogen (secondary N) is 1. The van der Waals surface area contributed by atoms with Crippen LogP contribution in [-0.2, 0) is 12.0 Å². The molecule has 4 aliphatic rings. The Kier molecular flexibility index (Phi) is 8.47. The predicted octanol–water partition coefficient (Wildman–Crippen LogP) is 5.92. The van der Waals surface area contributed by atoms with Gasteiger partial charge in [0.1, 0.15) is 12.4 Å². The fourth-order valence-electron chi connectivity index (χ4n) is 7.78. The van der Waals surface area contributed by atoms with E-state index in [0.717, 1.165) is 60.7 Å². The van der Waals surface area contributed by atoms with Gasteiger partial charge in [-0.05, 0) is 85.6 Å². The van der Waals surface area contributed by atoms with Gasteiger partial charge in [0.25, 0.3) is 0 Å². The molecule has 3 aromatic rings. The van der Waals surface area contributed by atoms with Gasteiger partial charge >= 0.3 is 0 Å². The van der Waals surface area contributed by atoms with E-state index in [1.165, 1.54) is 51.9 Å². The lowest BCUT2D eigenvalue weighted by molar-refractivity contribution is -0.0799. The summed E-state index contributed by atoms with van der Waals surface area (Å²) in [4.78, 5) is 20.8. The van der Waals surface area contributed by atoms with E-state index in [9.17, 15) is 0 Å². The third-order valence-electron chi connectivity index (χ3n) is 10.9. The maximum absolute atomic E-state index is 7.38. The molecule has 1 spiro atoms. The Labute approximate surface area is 272 Å². The van der Waals surface area contributed by atoms with E-state index < -0.39 is 0 Å². The molecule has 1 saturated carbocycles. The lowest BCUT2D eigenvalue weighted by Crippen LogP contribution is -2.68. The molecule has 236 valence electrons. The number of hydrogen-bond donors (Lipinski definition) is 1. The van der Waals surface area contributed by atoms with Crippen molar-refractivity contribution in [2.75, 3.05) is 57.3 Å². The van der Waals surface area contributed by atoms with E-state index in [1.54, 1.807) is 6.07 Å². The highest BCUT2D eigenvalue weighted by Gasteiger charge is 2.49. The largest absolute Gasteiger partial charge is 0.487 e. The average Bonchev–Trinajstić information content (AvgIpc) is 3.03. The molecule has 4 fully saturated rings. The molecule has 45 heavy (non-hydrogen) atoms. The van der Waals surface area contributed by atoms with Crippen molar-refractivity contribution in [2.24, 2.45) is 5.41 Å². The maximum Gasteiger partial charge on any atom is 0.225 e. The molecule has 8 nitrogen and oxygen atoms in total. The second-order valence-electron chi connectivity index (χ2n) is 14.0. The first-order valence-electron chi connectivity index (χ1n) is 16.5. The Morgan fingerprint density at radius 1 is 0.956 bits per heavy atom. The van der Waals surface area contributed by atoms with E-state index >= 15 is 0 Å². The number of anilines is 1. The van der Waals surface area contributed by atoms with Crippen molar-refractivity contribution >= 4 is 23.2 Å². The molecule has 1 aliphatic carbocycles. The van der Waals surface area contributed by atoms with Crippen LogP contribution in [0.25, 0.3) is 4.85 Å². The summed E-state index contributed by atoms with van der Waals surface area (Å²) >= 11 is 6.29. The molecular formula is C36H44ClN7O. The van der Waals surface area contributed by atoms with Gasteiger partial charge in [-0.25, -0.2) is 14.8 Å². The number of benzene rings is 2. The fourth-order valence-corrected chi connectivity index (χ4v) is 8.01. The summed E-state index contributed by atoms with van der Waals surface area (Å²) in [5.41, 5.74) is 3.92. The third-order valence-corrected chi connectivity index (χ3v) is 11.1. The zero-order valence-corrected chi connectivity index (χ0v) is 27.3. The fraction of sp³-hybridized carbons (Fsp3) is 0.528.